The molecule has 1 aliphatic rings. The van der Waals surface area contributed by atoms with Crippen LogP contribution in [-0.2, 0) is 30.4 Å². The summed E-state index contributed by atoms with van der Waals surface area (Å²) in [5.74, 6) is -1.78. The maximum atomic E-state index is 12.2. The molecule has 0 fully saturated rings. The molecule has 2 atom stereocenters. The molecule has 1 aliphatic heterocycles. The van der Waals surface area contributed by atoms with Gasteiger partial charge in [-0.05, 0) is 26.3 Å². The van der Waals surface area contributed by atoms with Crippen molar-refractivity contribution in [2.24, 2.45) is 5.92 Å². The van der Waals surface area contributed by atoms with Crippen molar-refractivity contribution in [3.8, 4) is 0 Å². The summed E-state index contributed by atoms with van der Waals surface area (Å²) in [7, 11) is 0. The molecule has 7 nitrogen and oxygen atoms in total. The lowest BCUT2D eigenvalue weighted by Crippen LogP contribution is -2.49. The molecule has 0 spiro atoms. The maximum absolute atomic E-state index is 12.2. The van der Waals surface area contributed by atoms with E-state index < -0.39 is 30.0 Å². The number of ether oxygens (including phenoxy) is 3. The van der Waals surface area contributed by atoms with Crippen LogP contribution in [0, 0.1) is 5.92 Å². The van der Waals surface area contributed by atoms with E-state index in [0.29, 0.717) is 0 Å². The molecule has 0 radical (unpaired) electrons. The summed E-state index contributed by atoms with van der Waals surface area (Å²) >= 11 is 0. The zero-order chi connectivity index (χ0) is 18.4. The smallest absolute Gasteiger partial charge is 0.407 e. The third-order valence-electron chi connectivity index (χ3n) is 3.80. The minimum Gasteiger partial charge on any atom is -0.462 e. The highest BCUT2D eigenvalue weighted by Crippen LogP contribution is 2.26. The van der Waals surface area contributed by atoms with Gasteiger partial charge in [-0.15, -0.1) is 0 Å². The number of carbonyl (C=O) groups excluding carboxylic acids is 3. The van der Waals surface area contributed by atoms with Crippen molar-refractivity contribution < 1.29 is 28.6 Å². The molecular weight excluding hydrogens is 326 g/mol. The molecule has 0 saturated carbocycles. The van der Waals surface area contributed by atoms with Crippen LogP contribution in [-0.4, -0.2) is 30.7 Å². The van der Waals surface area contributed by atoms with Gasteiger partial charge in [0, 0.05) is 0 Å². The van der Waals surface area contributed by atoms with Crippen molar-refractivity contribution in [1.29, 1.82) is 0 Å². The zero-order valence-electron chi connectivity index (χ0n) is 14.4. The number of amides is 1. The van der Waals surface area contributed by atoms with E-state index in [4.69, 9.17) is 14.2 Å². The summed E-state index contributed by atoms with van der Waals surface area (Å²) in [5, 5.41) is 2.57. The van der Waals surface area contributed by atoms with Gasteiger partial charge in [-0.1, -0.05) is 30.3 Å². The third-order valence-corrected chi connectivity index (χ3v) is 3.80. The predicted octanol–water partition coefficient (Wildman–Crippen LogP) is 2.31. The molecule has 1 aromatic carbocycles. The Morgan fingerprint density at radius 1 is 1.20 bits per heavy atom. The summed E-state index contributed by atoms with van der Waals surface area (Å²) in [6.07, 6.45) is -0.731. The van der Waals surface area contributed by atoms with E-state index in [2.05, 4.69) is 5.32 Å². The second-order valence-electron chi connectivity index (χ2n) is 5.58. The van der Waals surface area contributed by atoms with Gasteiger partial charge < -0.3 is 19.5 Å². The number of benzene rings is 1. The van der Waals surface area contributed by atoms with Crippen LogP contribution in [0.15, 0.2) is 41.7 Å². The Kier molecular flexibility index (Phi) is 6.16. The van der Waals surface area contributed by atoms with Gasteiger partial charge in [0.05, 0.1) is 24.1 Å². The van der Waals surface area contributed by atoms with Crippen LogP contribution < -0.4 is 5.32 Å². The molecular formula is C18H21NO6. The highest BCUT2D eigenvalue weighted by Gasteiger charge is 2.40. The van der Waals surface area contributed by atoms with Crippen molar-refractivity contribution >= 4 is 18.0 Å². The van der Waals surface area contributed by atoms with Gasteiger partial charge >= 0.3 is 18.0 Å². The van der Waals surface area contributed by atoms with Gasteiger partial charge in [0.15, 0.2) is 0 Å². The van der Waals surface area contributed by atoms with Crippen molar-refractivity contribution in [3.05, 3.63) is 47.2 Å². The number of esters is 2. The van der Waals surface area contributed by atoms with E-state index in [0.717, 1.165) is 5.56 Å². The van der Waals surface area contributed by atoms with Crippen molar-refractivity contribution in [3.63, 3.8) is 0 Å². The van der Waals surface area contributed by atoms with Crippen molar-refractivity contribution in [2.75, 3.05) is 6.61 Å². The summed E-state index contributed by atoms with van der Waals surface area (Å²) < 4.78 is 15.2. The molecule has 1 heterocycles. The number of hydrogen-bond acceptors (Lipinski definition) is 6. The van der Waals surface area contributed by atoms with Crippen molar-refractivity contribution in [1.82, 2.24) is 5.32 Å². The summed E-state index contributed by atoms with van der Waals surface area (Å²) in [5.41, 5.74) is 0.941. The molecule has 1 N–H and O–H groups in total. The van der Waals surface area contributed by atoms with Crippen LogP contribution >= 0.6 is 0 Å². The highest BCUT2D eigenvalue weighted by molar-refractivity contribution is 5.94. The first-order valence-electron chi connectivity index (χ1n) is 8.00. The maximum Gasteiger partial charge on any atom is 0.407 e. The van der Waals surface area contributed by atoms with Crippen molar-refractivity contribution in [2.45, 2.75) is 33.4 Å². The topological polar surface area (TPSA) is 90.9 Å². The van der Waals surface area contributed by atoms with Gasteiger partial charge in [0.2, 0.25) is 0 Å². The molecule has 25 heavy (non-hydrogen) atoms. The van der Waals surface area contributed by atoms with E-state index in [1.807, 2.05) is 30.3 Å². The molecule has 0 saturated heterocycles. The summed E-state index contributed by atoms with van der Waals surface area (Å²) in [4.78, 5) is 36.2. The fourth-order valence-electron chi connectivity index (χ4n) is 2.47. The van der Waals surface area contributed by atoms with Crippen LogP contribution in [0.1, 0.15) is 26.3 Å². The largest absolute Gasteiger partial charge is 0.462 e. The number of allylic oxidation sites excluding steroid dienone is 1. The lowest BCUT2D eigenvalue weighted by Gasteiger charge is -2.30. The first-order chi connectivity index (χ1) is 11.9. The van der Waals surface area contributed by atoms with E-state index in [9.17, 15) is 14.4 Å². The number of alkyl carbamates (subject to hydrolysis) is 1. The fourth-order valence-corrected chi connectivity index (χ4v) is 2.47. The summed E-state index contributed by atoms with van der Waals surface area (Å²) in [6.45, 7) is 4.97. The molecule has 2 rings (SSSR count). The number of cyclic esters (lactones) is 1. The van der Waals surface area contributed by atoms with Gasteiger partial charge in [0.1, 0.15) is 12.4 Å². The Balaban J connectivity index is 2.10. The average Bonchev–Trinajstić information content (AvgIpc) is 2.58. The molecule has 7 heteroatoms. The van der Waals surface area contributed by atoms with Crippen LogP contribution in [0.25, 0.3) is 0 Å². The lowest BCUT2D eigenvalue weighted by molar-refractivity contribution is -0.148. The van der Waals surface area contributed by atoms with E-state index >= 15 is 0 Å². The highest BCUT2D eigenvalue weighted by atomic mass is 16.6. The number of rotatable bonds is 5. The Labute approximate surface area is 145 Å². The molecule has 0 bridgehead atoms. The zero-order valence-corrected chi connectivity index (χ0v) is 14.4. The number of nitrogens with one attached hydrogen (secondary N) is 1. The molecule has 134 valence electrons. The Bertz CT molecular complexity index is 682. The van der Waals surface area contributed by atoms with E-state index in [1.165, 1.54) is 6.92 Å². The van der Waals surface area contributed by atoms with Gasteiger partial charge in [-0.25, -0.2) is 9.59 Å². The Morgan fingerprint density at radius 3 is 2.52 bits per heavy atom. The predicted molar refractivity (Wildman–Crippen MR) is 88.1 cm³/mol. The molecule has 0 aromatic heterocycles. The van der Waals surface area contributed by atoms with Gasteiger partial charge in [0.25, 0.3) is 0 Å². The second-order valence-corrected chi connectivity index (χ2v) is 5.58. The quantitative estimate of drug-likeness (QED) is 0.649. The molecule has 1 aromatic rings. The van der Waals surface area contributed by atoms with E-state index in [-0.39, 0.29) is 24.5 Å². The van der Waals surface area contributed by atoms with E-state index in [1.54, 1.807) is 13.8 Å². The molecule has 0 unspecified atom stereocenters. The first kappa shape index (κ1) is 18.5. The van der Waals surface area contributed by atoms with Gasteiger partial charge in [-0.3, -0.25) is 4.79 Å². The normalized spacial score (nSPS) is 19.9. The minimum atomic E-state index is -0.872. The third kappa shape index (κ3) is 4.59. The SMILES string of the molecule is CCOC(=O)C1=C(C)OC(=O)[C@H](C)[C@@H]1NC(=O)OCc1ccccc1. The van der Waals surface area contributed by atoms with Gasteiger partial charge in [-0.2, -0.15) is 0 Å². The Morgan fingerprint density at radius 2 is 1.88 bits per heavy atom. The second kappa shape index (κ2) is 8.32. The summed E-state index contributed by atoms with van der Waals surface area (Å²) in [6, 6.07) is 8.30. The molecule has 1 amide bonds. The van der Waals surface area contributed by atoms with Crippen LogP contribution in [0.3, 0.4) is 0 Å². The van der Waals surface area contributed by atoms with Crippen LogP contribution in [0.4, 0.5) is 4.79 Å². The number of hydrogen-bond donors (Lipinski definition) is 1. The Hall–Kier alpha value is -2.83. The standard InChI is InChI=1S/C18H21NO6/c1-4-23-17(21)14-12(3)25-16(20)11(2)15(14)19-18(22)24-10-13-8-6-5-7-9-13/h5-9,11,15H,4,10H2,1-3H3,(H,19,22)/t11-,15+/m1/s1. The first-order valence-corrected chi connectivity index (χ1v) is 8.00. The van der Waals surface area contributed by atoms with Crippen LogP contribution in [0.5, 0.6) is 0 Å². The lowest BCUT2D eigenvalue weighted by atomic mass is 9.91. The number of carbonyl (C=O) groups is 3. The molecule has 0 aliphatic carbocycles. The van der Waals surface area contributed by atoms with Crippen LogP contribution in [0.2, 0.25) is 0 Å². The average molecular weight is 347 g/mol. The monoisotopic (exact) mass is 347 g/mol. The minimum absolute atomic E-state index is 0.0790. The fraction of sp³-hybridized carbons (Fsp3) is 0.389.